The van der Waals surface area contributed by atoms with Crippen molar-refractivity contribution in [3.8, 4) is 0 Å². The predicted octanol–water partition coefficient (Wildman–Crippen LogP) is 2.60. The number of hydrogen-bond acceptors (Lipinski definition) is 3. The number of carbonyl (C=O) groups is 3. The highest BCUT2D eigenvalue weighted by Gasteiger charge is 2.31. The molecule has 3 N–H and O–H groups in total. The Balaban J connectivity index is 2.29. The maximum absolute atomic E-state index is 13.9. The Morgan fingerprint density at radius 1 is 0.806 bits per heavy atom. The molecule has 2 atom stereocenters. The molecule has 0 spiro atoms. The maximum Gasteiger partial charge on any atom is 0.257 e. The van der Waals surface area contributed by atoms with Gasteiger partial charge in [-0.1, -0.05) is 26.0 Å². The number of halogens is 4. The Hall–Kier alpha value is -3.43. The molecule has 2 rings (SSSR count). The van der Waals surface area contributed by atoms with Crippen LogP contribution in [0, 0.1) is 29.2 Å². The zero-order chi connectivity index (χ0) is 23.3. The van der Waals surface area contributed by atoms with E-state index in [9.17, 15) is 31.9 Å². The minimum Gasteiger partial charge on any atom is -0.357 e. The van der Waals surface area contributed by atoms with Gasteiger partial charge in [0.1, 0.15) is 29.3 Å². The first-order valence-electron chi connectivity index (χ1n) is 9.28. The van der Waals surface area contributed by atoms with Crippen molar-refractivity contribution in [1.82, 2.24) is 16.0 Å². The first kappa shape index (κ1) is 23.8. The van der Waals surface area contributed by atoms with E-state index in [1.165, 1.54) is 7.05 Å². The lowest BCUT2D eigenvalue weighted by atomic mass is 10.00. The second-order valence-corrected chi connectivity index (χ2v) is 7.02. The number of nitrogens with one attached hydrogen (secondary N) is 3. The van der Waals surface area contributed by atoms with E-state index in [-0.39, 0.29) is 5.56 Å². The summed E-state index contributed by atoms with van der Waals surface area (Å²) in [7, 11) is 1.28. The van der Waals surface area contributed by atoms with Crippen LogP contribution in [0.25, 0.3) is 0 Å². The molecule has 0 aliphatic carbocycles. The first-order chi connectivity index (χ1) is 14.6. The van der Waals surface area contributed by atoms with Gasteiger partial charge in [0.25, 0.3) is 5.91 Å². The molecule has 0 aliphatic rings. The smallest absolute Gasteiger partial charge is 0.257 e. The van der Waals surface area contributed by atoms with Gasteiger partial charge in [-0.3, -0.25) is 14.4 Å². The van der Waals surface area contributed by atoms with E-state index >= 15 is 0 Å². The van der Waals surface area contributed by atoms with Crippen molar-refractivity contribution in [1.29, 1.82) is 0 Å². The van der Waals surface area contributed by atoms with Crippen LogP contribution in [0.4, 0.5) is 17.6 Å². The average molecular weight is 439 g/mol. The fourth-order valence-electron chi connectivity index (χ4n) is 2.83. The molecule has 0 fully saturated rings. The Bertz CT molecular complexity index is 978. The summed E-state index contributed by atoms with van der Waals surface area (Å²) in [6.07, 6.45) is 0. The monoisotopic (exact) mass is 439 g/mol. The normalized spacial score (nSPS) is 12.8. The van der Waals surface area contributed by atoms with Crippen LogP contribution in [-0.2, 0) is 9.59 Å². The zero-order valence-corrected chi connectivity index (χ0v) is 16.9. The van der Waals surface area contributed by atoms with E-state index in [1.807, 2.05) is 0 Å². The zero-order valence-electron chi connectivity index (χ0n) is 16.9. The first-order valence-corrected chi connectivity index (χ1v) is 9.28. The molecule has 0 radical (unpaired) electrons. The van der Waals surface area contributed by atoms with Gasteiger partial charge in [-0.15, -0.1) is 0 Å². The van der Waals surface area contributed by atoms with Crippen LogP contribution >= 0.6 is 0 Å². The number of hydrogen-bond donors (Lipinski definition) is 3. The van der Waals surface area contributed by atoms with E-state index in [2.05, 4.69) is 16.0 Å². The van der Waals surface area contributed by atoms with Gasteiger partial charge in [0, 0.05) is 7.05 Å². The molecule has 0 saturated heterocycles. The van der Waals surface area contributed by atoms with Gasteiger partial charge < -0.3 is 16.0 Å². The van der Waals surface area contributed by atoms with Crippen LogP contribution in [0.15, 0.2) is 36.4 Å². The highest BCUT2D eigenvalue weighted by molar-refractivity contribution is 5.99. The van der Waals surface area contributed by atoms with E-state index in [0.717, 1.165) is 36.4 Å². The van der Waals surface area contributed by atoms with Crippen molar-refractivity contribution >= 4 is 17.7 Å². The Kier molecular flexibility index (Phi) is 7.73. The number of amides is 3. The Morgan fingerprint density at radius 2 is 1.42 bits per heavy atom. The molecule has 2 aromatic carbocycles. The van der Waals surface area contributed by atoms with Crippen molar-refractivity contribution in [2.45, 2.75) is 25.9 Å². The van der Waals surface area contributed by atoms with Crippen molar-refractivity contribution in [3.63, 3.8) is 0 Å². The van der Waals surface area contributed by atoms with E-state index in [1.54, 1.807) is 13.8 Å². The fourth-order valence-corrected chi connectivity index (χ4v) is 2.83. The van der Waals surface area contributed by atoms with Gasteiger partial charge in [-0.05, 0) is 35.7 Å². The minimum atomic E-state index is -1.41. The molecule has 3 amide bonds. The quantitative estimate of drug-likeness (QED) is 0.580. The molecule has 0 saturated carbocycles. The summed E-state index contributed by atoms with van der Waals surface area (Å²) in [4.78, 5) is 37.4. The van der Waals surface area contributed by atoms with E-state index < -0.39 is 64.6 Å². The van der Waals surface area contributed by atoms with Crippen LogP contribution < -0.4 is 16.0 Å². The Labute approximate surface area is 176 Å². The van der Waals surface area contributed by atoms with Gasteiger partial charge in [0.2, 0.25) is 11.8 Å². The molecule has 31 heavy (non-hydrogen) atoms. The van der Waals surface area contributed by atoms with Crippen molar-refractivity contribution in [3.05, 3.63) is 70.8 Å². The van der Waals surface area contributed by atoms with Gasteiger partial charge in [-0.25, -0.2) is 17.6 Å². The lowest BCUT2D eigenvalue weighted by Crippen LogP contribution is -2.52. The van der Waals surface area contributed by atoms with Gasteiger partial charge in [-0.2, -0.15) is 0 Å². The lowest BCUT2D eigenvalue weighted by molar-refractivity contribution is -0.130. The van der Waals surface area contributed by atoms with Crippen LogP contribution in [0.3, 0.4) is 0 Å². The number of carbonyl (C=O) groups excluding carboxylic acids is 3. The van der Waals surface area contributed by atoms with Gasteiger partial charge >= 0.3 is 0 Å². The lowest BCUT2D eigenvalue weighted by Gasteiger charge is -2.25. The molecule has 2 unspecified atom stereocenters. The number of likely N-dealkylation sites (N-methyl/N-ethyl adjacent to an activating group) is 1. The van der Waals surface area contributed by atoms with Crippen molar-refractivity contribution in [2.24, 2.45) is 5.92 Å². The molecule has 2 aromatic rings. The summed E-state index contributed by atoms with van der Waals surface area (Å²) >= 11 is 0. The molecule has 166 valence electrons. The molecule has 0 aromatic heterocycles. The largest absolute Gasteiger partial charge is 0.357 e. The summed E-state index contributed by atoms with van der Waals surface area (Å²) in [6.45, 7) is 3.13. The third-order valence-electron chi connectivity index (χ3n) is 4.50. The van der Waals surface area contributed by atoms with Crippen LogP contribution in [0.2, 0.25) is 0 Å². The SMILES string of the molecule is CNC(=O)C(NC(=O)C(NC(=O)c1c(F)cccc1F)C(C)C)c1ccc(F)c(F)c1. The van der Waals surface area contributed by atoms with E-state index in [0.29, 0.717) is 0 Å². The molecular formula is C21H21F4N3O3. The highest BCUT2D eigenvalue weighted by Crippen LogP contribution is 2.18. The molecule has 0 heterocycles. The molecule has 0 aliphatic heterocycles. The Morgan fingerprint density at radius 3 is 1.94 bits per heavy atom. The van der Waals surface area contributed by atoms with Gasteiger partial charge in [0.15, 0.2) is 11.6 Å². The molecule has 0 bridgehead atoms. The predicted molar refractivity (Wildman–Crippen MR) is 104 cm³/mol. The molecule has 10 heteroatoms. The fraction of sp³-hybridized carbons (Fsp3) is 0.286. The number of rotatable bonds is 7. The summed E-state index contributed by atoms with van der Waals surface area (Å²) in [6, 6.07) is 2.86. The van der Waals surface area contributed by atoms with Crippen LogP contribution in [0.5, 0.6) is 0 Å². The minimum absolute atomic E-state index is 0.0411. The standard InChI is InChI=1S/C21H21F4N3O3/c1-10(2)17(27-19(29)16-13(23)5-4-6-14(16)24)21(31)28-18(20(30)26-3)11-7-8-12(22)15(25)9-11/h4-10,17-18H,1-3H3,(H,26,30)(H,27,29)(H,28,31). The van der Waals surface area contributed by atoms with Crippen LogP contribution in [0.1, 0.15) is 35.8 Å². The third kappa shape index (κ3) is 5.59. The van der Waals surface area contributed by atoms with Crippen LogP contribution in [-0.4, -0.2) is 30.8 Å². The average Bonchev–Trinajstić information content (AvgIpc) is 2.71. The van der Waals surface area contributed by atoms with Gasteiger partial charge in [0.05, 0.1) is 0 Å². The summed E-state index contributed by atoms with van der Waals surface area (Å²) in [5.41, 5.74) is -0.898. The summed E-state index contributed by atoms with van der Waals surface area (Å²) in [5, 5.41) is 6.90. The number of benzene rings is 2. The summed E-state index contributed by atoms with van der Waals surface area (Å²) in [5.74, 6) is -7.86. The third-order valence-corrected chi connectivity index (χ3v) is 4.50. The molecular weight excluding hydrogens is 418 g/mol. The maximum atomic E-state index is 13.9. The van der Waals surface area contributed by atoms with Crippen molar-refractivity contribution < 1.29 is 31.9 Å². The summed E-state index contributed by atoms with van der Waals surface area (Å²) < 4.78 is 54.6. The second kappa shape index (κ2) is 10.1. The second-order valence-electron chi connectivity index (χ2n) is 7.02. The highest BCUT2D eigenvalue weighted by atomic mass is 19.2. The van der Waals surface area contributed by atoms with Crippen molar-refractivity contribution in [2.75, 3.05) is 7.05 Å². The molecule has 6 nitrogen and oxygen atoms in total. The topological polar surface area (TPSA) is 87.3 Å². The van der Waals surface area contributed by atoms with E-state index in [4.69, 9.17) is 0 Å².